The first-order valence-corrected chi connectivity index (χ1v) is 7.25. The molecule has 0 saturated carbocycles. The van der Waals surface area contributed by atoms with E-state index in [1.54, 1.807) is 0 Å². The molecule has 0 aliphatic rings. The number of aryl methyl sites for hydroxylation is 1. The van der Waals surface area contributed by atoms with Crippen molar-refractivity contribution in [2.45, 2.75) is 32.1 Å². The third-order valence-electron chi connectivity index (χ3n) is 2.89. The van der Waals surface area contributed by atoms with E-state index >= 15 is 0 Å². The molecule has 96 valence electrons. The number of thioether (sulfide) groups is 1. The quantitative estimate of drug-likeness (QED) is 0.783. The molecule has 1 unspecified atom stereocenters. The normalized spacial score (nSPS) is 14.6. The van der Waals surface area contributed by atoms with Crippen LogP contribution in [0.15, 0.2) is 24.3 Å². The van der Waals surface area contributed by atoms with Crippen LogP contribution in [-0.2, 0) is 5.75 Å². The molecular weight excluding hydrogens is 230 g/mol. The predicted molar refractivity (Wildman–Crippen MR) is 76.5 cm³/mol. The molecule has 1 aromatic rings. The summed E-state index contributed by atoms with van der Waals surface area (Å²) in [5.41, 5.74) is 2.56. The second-order valence-electron chi connectivity index (χ2n) is 4.67. The van der Waals surface area contributed by atoms with Crippen molar-refractivity contribution < 1.29 is 5.11 Å². The summed E-state index contributed by atoms with van der Waals surface area (Å²) in [6.07, 6.45) is 0. The van der Waals surface area contributed by atoms with E-state index in [0.29, 0.717) is 0 Å². The van der Waals surface area contributed by atoms with E-state index in [2.05, 4.69) is 50.4 Å². The molecule has 0 radical (unpaired) electrons. The summed E-state index contributed by atoms with van der Waals surface area (Å²) in [5, 5.41) is 12.7. The number of rotatable bonds is 7. The average molecular weight is 253 g/mol. The highest BCUT2D eigenvalue weighted by molar-refractivity contribution is 7.98. The van der Waals surface area contributed by atoms with E-state index in [1.165, 1.54) is 11.1 Å². The van der Waals surface area contributed by atoms with Gasteiger partial charge in [0.05, 0.1) is 6.61 Å². The summed E-state index contributed by atoms with van der Waals surface area (Å²) in [7, 11) is 0. The van der Waals surface area contributed by atoms with Crippen LogP contribution >= 0.6 is 11.8 Å². The lowest BCUT2D eigenvalue weighted by Crippen LogP contribution is -2.47. The molecule has 1 atom stereocenters. The van der Waals surface area contributed by atoms with E-state index in [-0.39, 0.29) is 12.1 Å². The molecule has 3 heteroatoms. The fourth-order valence-corrected chi connectivity index (χ4v) is 3.03. The maximum atomic E-state index is 9.39. The van der Waals surface area contributed by atoms with Gasteiger partial charge in [0.15, 0.2) is 0 Å². The third kappa shape index (κ3) is 4.70. The standard InChI is InChI=1S/C14H23NOS/c1-4-15-14(3,10-16)11-17-9-13-8-6-5-7-12(13)2/h5-8,15-16H,4,9-11H2,1-3H3. The largest absolute Gasteiger partial charge is 0.394 e. The van der Waals surface area contributed by atoms with E-state index < -0.39 is 0 Å². The second-order valence-corrected chi connectivity index (χ2v) is 5.65. The zero-order chi connectivity index (χ0) is 12.7. The summed E-state index contributed by atoms with van der Waals surface area (Å²) in [6, 6.07) is 8.47. The molecule has 17 heavy (non-hydrogen) atoms. The lowest BCUT2D eigenvalue weighted by molar-refractivity contribution is 0.194. The summed E-state index contributed by atoms with van der Waals surface area (Å²) < 4.78 is 0. The first kappa shape index (κ1) is 14.6. The number of aliphatic hydroxyl groups excluding tert-OH is 1. The molecular formula is C14H23NOS. The molecule has 0 spiro atoms. The highest BCUT2D eigenvalue weighted by atomic mass is 32.2. The van der Waals surface area contributed by atoms with Crippen LogP contribution in [0.4, 0.5) is 0 Å². The number of hydrogen-bond donors (Lipinski definition) is 2. The van der Waals surface area contributed by atoms with Crippen LogP contribution in [0.3, 0.4) is 0 Å². The molecule has 0 aromatic heterocycles. The van der Waals surface area contributed by atoms with Crippen molar-refractivity contribution in [2.75, 3.05) is 18.9 Å². The van der Waals surface area contributed by atoms with Gasteiger partial charge in [-0.05, 0) is 31.5 Å². The zero-order valence-corrected chi connectivity index (χ0v) is 11.8. The molecule has 0 aliphatic heterocycles. The fraction of sp³-hybridized carbons (Fsp3) is 0.571. The van der Waals surface area contributed by atoms with Gasteiger partial charge in [0.25, 0.3) is 0 Å². The van der Waals surface area contributed by atoms with Gasteiger partial charge >= 0.3 is 0 Å². The Morgan fingerprint density at radius 1 is 1.35 bits per heavy atom. The minimum atomic E-state index is -0.165. The zero-order valence-electron chi connectivity index (χ0n) is 11.0. The molecule has 0 saturated heterocycles. The molecule has 0 amide bonds. The van der Waals surface area contributed by atoms with E-state index in [1.807, 2.05) is 11.8 Å². The number of benzene rings is 1. The molecule has 1 rings (SSSR count). The highest BCUT2D eigenvalue weighted by Gasteiger charge is 2.21. The van der Waals surface area contributed by atoms with Crippen molar-refractivity contribution in [3.8, 4) is 0 Å². The fourth-order valence-electron chi connectivity index (χ4n) is 1.74. The van der Waals surface area contributed by atoms with Crippen molar-refractivity contribution in [3.05, 3.63) is 35.4 Å². The average Bonchev–Trinajstić information content (AvgIpc) is 2.32. The lowest BCUT2D eigenvalue weighted by atomic mass is 10.1. The minimum absolute atomic E-state index is 0.165. The summed E-state index contributed by atoms with van der Waals surface area (Å²) in [4.78, 5) is 0. The van der Waals surface area contributed by atoms with E-state index in [9.17, 15) is 5.11 Å². The molecule has 0 heterocycles. The van der Waals surface area contributed by atoms with Gasteiger partial charge in [0.2, 0.25) is 0 Å². The Kier molecular flexibility index (Phi) is 6.03. The Hall–Kier alpha value is -0.510. The Morgan fingerprint density at radius 3 is 2.65 bits per heavy atom. The van der Waals surface area contributed by atoms with Crippen molar-refractivity contribution in [3.63, 3.8) is 0 Å². The third-order valence-corrected chi connectivity index (χ3v) is 4.25. The first-order valence-electron chi connectivity index (χ1n) is 6.09. The molecule has 0 aliphatic carbocycles. The van der Waals surface area contributed by atoms with Crippen LogP contribution in [0.1, 0.15) is 25.0 Å². The molecule has 2 N–H and O–H groups in total. The van der Waals surface area contributed by atoms with Crippen molar-refractivity contribution >= 4 is 11.8 Å². The first-order chi connectivity index (χ1) is 8.11. The van der Waals surface area contributed by atoms with E-state index in [4.69, 9.17) is 0 Å². The summed E-state index contributed by atoms with van der Waals surface area (Å²) >= 11 is 1.87. The van der Waals surface area contributed by atoms with Gasteiger partial charge in [0, 0.05) is 17.0 Å². The van der Waals surface area contributed by atoms with Crippen LogP contribution < -0.4 is 5.32 Å². The topological polar surface area (TPSA) is 32.3 Å². The Bertz CT molecular complexity index is 343. The molecule has 0 fully saturated rings. The predicted octanol–water partition coefficient (Wildman–Crippen LogP) is 2.59. The van der Waals surface area contributed by atoms with Crippen molar-refractivity contribution in [1.29, 1.82) is 0 Å². The highest BCUT2D eigenvalue weighted by Crippen LogP contribution is 2.20. The Labute approximate surface area is 109 Å². The van der Waals surface area contributed by atoms with Gasteiger partial charge in [-0.1, -0.05) is 31.2 Å². The number of likely N-dealkylation sites (N-methyl/N-ethyl adjacent to an activating group) is 1. The maximum absolute atomic E-state index is 9.39. The van der Waals surface area contributed by atoms with Gasteiger partial charge in [-0.2, -0.15) is 11.8 Å². The van der Waals surface area contributed by atoms with Gasteiger partial charge in [-0.25, -0.2) is 0 Å². The summed E-state index contributed by atoms with van der Waals surface area (Å²) in [6.45, 7) is 7.36. The number of nitrogens with one attached hydrogen (secondary N) is 1. The van der Waals surface area contributed by atoms with Gasteiger partial charge in [-0.15, -0.1) is 0 Å². The van der Waals surface area contributed by atoms with E-state index in [0.717, 1.165) is 18.1 Å². The smallest absolute Gasteiger partial charge is 0.0618 e. The minimum Gasteiger partial charge on any atom is -0.394 e. The Balaban J connectivity index is 2.44. The van der Waals surface area contributed by atoms with Gasteiger partial charge in [-0.3, -0.25) is 0 Å². The second kappa shape index (κ2) is 7.04. The van der Waals surface area contributed by atoms with Crippen LogP contribution in [0.25, 0.3) is 0 Å². The Morgan fingerprint density at radius 2 is 2.06 bits per heavy atom. The molecule has 0 bridgehead atoms. The van der Waals surface area contributed by atoms with Crippen LogP contribution in [-0.4, -0.2) is 29.5 Å². The van der Waals surface area contributed by atoms with Gasteiger partial charge < -0.3 is 10.4 Å². The summed E-state index contributed by atoms with van der Waals surface area (Å²) in [5.74, 6) is 1.93. The number of hydrogen-bond acceptors (Lipinski definition) is 3. The van der Waals surface area contributed by atoms with Crippen LogP contribution in [0, 0.1) is 6.92 Å². The number of aliphatic hydroxyl groups is 1. The lowest BCUT2D eigenvalue weighted by Gasteiger charge is -2.28. The molecule has 2 nitrogen and oxygen atoms in total. The maximum Gasteiger partial charge on any atom is 0.0618 e. The van der Waals surface area contributed by atoms with Gasteiger partial charge in [0.1, 0.15) is 0 Å². The van der Waals surface area contributed by atoms with Crippen LogP contribution in [0.5, 0.6) is 0 Å². The van der Waals surface area contributed by atoms with Crippen LogP contribution in [0.2, 0.25) is 0 Å². The molecule has 1 aromatic carbocycles. The SMILES string of the molecule is CCNC(C)(CO)CSCc1ccccc1C. The monoisotopic (exact) mass is 253 g/mol. The van der Waals surface area contributed by atoms with Crippen molar-refractivity contribution in [1.82, 2.24) is 5.32 Å². The van der Waals surface area contributed by atoms with Crippen molar-refractivity contribution in [2.24, 2.45) is 0 Å².